The summed E-state index contributed by atoms with van der Waals surface area (Å²) in [6.07, 6.45) is 0. The van der Waals surface area contributed by atoms with Crippen molar-refractivity contribution in [3.8, 4) is 0 Å². The maximum atomic E-state index is 12.0. The second-order valence-electron chi connectivity index (χ2n) is 5.93. The predicted molar refractivity (Wildman–Crippen MR) is 92.8 cm³/mol. The summed E-state index contributed by atoms with van der Waals surface area (Å²) < 4.78 is 1.66. The number of hydrogen-bond donors (Lipinski definition) is 3. The molecule has 1 aromatic heterocycles. The summed E-state index contributed by atoms with van der Waals surface area (Å²) in [6.45, 7) is 6.08. The second kappa shape index (κ2) is 7.63. The summed E-state index contributed by atoms with van der Waals surface area (Å²) >= 11 is 0. The zero-order valence-electron chi connectivity index (χ0n) is 14.4. The van der Waals surface area contributed by atoms with Gasteiger partial charge in [0.1, 0.15) is 5.69 Å². The van der Waals surface area contributed by atoms with E-state index in [-0.39, 0.29) is 18.0 Å². The molecule has 128 valence electrons. The molecule has 3 amide bonds. The van der Waals surface area contributed by atoms with E-state index in [1.54, 1.807) is 29.9 Å². The van der Waals surface area contributed by atoms with Gasteiger partial charge in [0, 0.05) is 31.0 Å². The van der Waals surface area contributed by atoms with Crippen molar-refractivity contribution in [3.63, 3.8) is 0 Å². The number of urea groups is 1. The number of anilines is 1. The van der Waals surface area contributed by atoms with E-state index < -0.39 is 0 Å². The minimum atomic E-state index is -0.239. The standard InChI is InChI=1S/C17H23N5O2/c1-11(2)19-17(24)20-14-7-5-13(6-8-14)10-18-16(23)15-9-12(3)22(4)21-15/h5-9,11H,10H2,1-4H3,(H,18,23)(H2,19,20,24). The number of aryl methyl sites for hydroxylation is 2. The van der Waals surface area contributed by atoms with Crippen LogP contribution in [0.15, 0.2) is 30.3 Å². The normalized spacial score (nSPS) is 10.5. The Balaban J connectivity index is 1.87. The van der Waals surface area contributed by atoms with Crippen LogP contribution in [0.4, 0.5) is 10.5 Å². The Morgan fingerprint density at radius 3 is 2.42 bits per heavy atom. The van der Waals surface area contributed by atoms with Gasteiger partial charge in [-0.1, -0.05) is 12.1 Å². The molecule has 0 saturated heterocycles. The first-order chi connectivity index (χ1) is 11.3. The quantitative estimate of drug-likeness (QED) is 0.785. The molecule has 1 aromatic carbocycles. The van der Waals surface area contributed by atoms with Gasteiger partial charge in [0.05, 0.1) is 0 Å². The Bertz CT molecular complexity index is 700. The predicted octanol–water partition coefficient (Wildman–Crippen LogP) is 2.19. The molecule has 2 rings (SSSR count). The van der Waals surface area contributed by atoms with Gasteiger partial charge in [-0.05, 0) is 44.5 Å². The van der Waals surface area contributed by atoms with E-state index in [1.165, 1.54) is 0 Å². The molecular weight excluding hydrogens is 306 g/mol. The molecule has 0 aliphatic carbocycles. The largest absolute Gasteiger partial charge is 0.347 e. The highest BCUT2D eigenvalue weighted by molar-refractivity contribution is 5.92. The summed E-state index contributed by atoms with van der Waals surface area (Å²) in [4.78, 5) is 23.7. The van der Waals surface area contributed by atoms with Gasteiger partial charge in [-0.2, -0.15) is 5.10 Å². The first-order valence-corrected chi connectivity index (χ1v) is 7.80. The highest BCUT2D eigenvalue weighted by Gasteiger charge is 2.10. The summed E-state index contributed by atoms with van der Waals surface area (Å²) in [7, 11) is 1.80. The number of nitrogens with one attached hydrogen (secondary N) is 3. The fraction of sp³-hybridized carbons (Fsp3) is 0.353. The van der Waals surface area contributed by atoms with Gasteiger partial charge in [0.25, 0.3) is 5.91 Å². The maximum absolute atomic E-state index is 12.0. The molecule has 7 nitrogen and oxygen atoms in total. The van der Waals surface area contributed by atoms with Crippen LogP contribution in [0.5, 0.6) is 0 Å². The molecule has 0 atom stereocenters. The molecule has 24 heavy (non-hydrogen) atoms. The number of hydrogen-bond acceptors (Lipinski definition) is 3. The smallest absolute Gasteiger partial charge is 0.319 e. The lowest BCUT2D eigenvalue weighted by molar-refractivity contribution is 0.0945. The average molecular weight is 329 g/mol. The number of amides is 3. The van der Waals surface area contributed by atoms with Crippen molar-refractivity contribution in [1.82, 2.24) is 20.4 Å². The number of nitrogens with zero attached hydrogens (tertiary/aromatic N) is 2. The molecule has 2 aromatic rings. The van der Waals surface area contributed by atoms with Crippen molar-refractivity contribution in [2.24, 2.45) is 7.05 Å². The zero-order valence-corrected chi connectivity index (χ0v) is 14.4. The highest BCUT2D eigenvalue weighted by atomic mass is 16.2. The third kappa shape index (κ3) is 4.84. The summed E-state index contributed by atoms with van der Waals surface area (Å²) in [5.41, 5.74) is 2.96. The van der Waals surface area contributed by atoms with Crippen LogP contribution in [0.3, 0.4) is 0 Å². The van der Waals surface area contributed by atoms with Gasteiger partial charge in [0.15, 0.2) is 0 Å². The van der Waals surface area contributed by atoms with Crippen molar-refractivity contribution in [1.29, 1.82) is 0 Å². The van der Waals surface area contributed by atoms with Crippen molar-refractivity contribution < 1.29 is 9.59 Å². The van der Waals surface area contributed by atoms with Crippen molar-refractivity contribution in [2.75, 3.05) is 5.32 Å². The lowest BCUT2D eigenvalue weighted by Crippen LogP contribution is -2.34. The van der Waals surface area contributed by atoms with Crippen LogP contribution in [0.1, 0.15) is 35.6 Å². The van der Waals surface area contributed by atoms with E-state index in [9.17, 15) is 9.59 Å². The van der Waals surface area contributed by atoms with Crippen molar-refractivity contribution in [3.05, 3.63) is 47.3 Å². The minimum absolute atomic E-state index is 0.0784. The highest BCUT2D eigenvalue weighted by Crippen LogP contribution is 2.10. The van der Waals surface area contributed by atoms with Crippen molar-refractivity contribution >= 4 is 17.6 Å². The van der Waals surface area contributed by atoms with Crippen LogP contribution >= 0.6 is 0 Å². The van der Waals surface area contributed by atoms with E-state index in [0.717, 1.165) is 11.3 Å². The molecule has 0 aliphatic heterocycles. The lowest BCUT2D eigenvalue weighted by Gasteiger charge is -2.10. The molecule has 0 spiro atoms. The Labute approximate surface area is 141 Å². The SMILES string of the molecule is Cc1cc(C(=O)NCc2ccc(NC(=O)NC(C)C)cc2)nn1C. The molecule has 0 radical (unpaired) electrons. The molecule has 0 fully saturated rings. The van der Waals surface area contributed by atoms with Crippen LogP contribution in [-0.2, 0) is 13.6 Å². The molecule has 7 heteroatoms. The van der Waals surface area contributed by atoms with Crippen LogP contribution in [0, 0.1) is 6.92 Å². The Hall–Kier alpha value is -2.83. The number of rotatable bonds is 5. The van der Waals surface area contributed by atoms with E-state index in [2.05, 4.69) is 21.0 Å². The molecule has 0 saturated carbocycles. The van der Waals surface area contributed by atoms with Crippen molar-refractivity contribution in [2.45, 2.75) is 33.4 Å². The van der Waals surface area contributed by atoms with E-state index in [0.29, 0.717) is 17.9 Å². The fourth-order valence-electron chi connectivity index (χ4n) is 2.08. The van der Waals surface area contributed by atoms with E-state index in [1.807, 2.05) is 32.9 Å². The average Bonchev–Trinajstić information content (AvgIpc) is 2.85. The number of aromatic nitrogens is 2. The number of carbonyl (C=O) groups is 2. The Morgan fingerprint density at radius 2 is 1.88 bits per heavy atom. The third-order valence-corrected chi connectivity index (χ3v) is 3.43. The van der Waals surface area contributed by atoms with Crippen LogP contribution in [-0.4, -0.2) is 27.8 Å². The topological polar surface area (TPSA) is 88.1 Å². The summed E-state index contributed by atoms with van der Waals surface area (Å²) in [5.74, 6) is -0.211. The number of benzene rings is 1. The molecule has 0 unspecified atom stereocenters. The first kappa shape index (κ1) is 17.5. The molecule has 0 bridgehead atoms. The van der Waals surface area contributed by atoms with Gasteiger partial charge in [-0.3, -0.25) is 9.48 Å². The third-order valence-electron chi connectivity index (χ3n) is 3.43. The van der Waals surface area contributed by atoms with Gasteiger partial charge >= 0.3 is 6.03 Å². The van der Waals surface area contributed by atoms with Crippen LogP contribution < -0.4 is 16.0 Å². The van der Waals surface area contributed by atoms with Gasteiger partial charge in [-0.15, -0.1) is 0 Å². The monoisotopic (exact) mass is 329 g/mol. The van der Waals surface area contributed by atoms with Crippen LogP contribution in [0.25, 0.3) is 0 Å². The minimum Gasteiger partial charge on any atom is -0.347 e. The van der Waals surface area contributed by atoms with Gasteiger partial charge in [-0.25, -0.2) is 4.79 Å². The first-order valence-electron chi connectivity index (χ1n) is 7.80. The van der Waals surface area contributed by atoms with Gasteiger partial charge < -0.3 is 16.0 Å². The Morgan fingerprint density at radius 1 is 1.21 bits per heavy atom. The second-order valence-corrected chi connectivity index (χ2v) is 5.93. The summed E-state index contributed by atoms with van der Waals surface area (Å²) in [5, 5.41) is 12.5. The Kier molecular flexibility index (Phi) is 5.57. The van der Waals surface area contributed by atoms with E-state index >= 15 is 0 Å². The molecule has 3 N–H and O–H groups in total. The fourth-order valence-corrected chi connectivity index (χ4v) is 2.08. The molecule has 1 heterocycles. The van der Waals surface area contributed by atoms with Crippen LogP contribution in [0.2, 0.25) is 0 Å². The van der Waals surface area contributed by atoms with Gasteiger partial charge in [0.2, 0.25) is 0 Å². The molecule has 0 aliphatic rings. The molecular formula is C17H23N5O2. The maximum Gasteiger partial charge on any atom is 0.319 e. The van der Waals surface area contributed by atoms with E-state index in [4.69, 9.17) is 0 Å². The zero-order chi connectivity index (χ0) is 17.7. The summed E-state index contributed by atoms with van der Waals surface area (Å²) in [6, 6.07) is 8.89. The number of carbonyl (C=O) groups excluding carboxylic acids is 2. The lowest BCUT2D eigenvalue weighted by atomic mass is 10.2.